The Labute approximate surface area is 184 Å². The van der Waals surface area contributed by atoms with E-state index in [9.17, 15) is 0 Å². The van der Waals surface area contributed by atoms with Gasteiger partial charge in [-0.1, -0.05) is 19.1 Å². The van der Waals surface area contributed by atoms with Gasteiger partial charge in [-0.05, 0) is 36.4 Å². The molecule has 1 aromatic carbocycles. The molecular formula is C23H32N6O2. The predicted molar refractivity (Wildman–Crippen MR) is 123 cm³/mol. The normalized spacial score (nSPS) is 19.2. The third-order valence-corrected chi connectivity index (χ3v) is 5.70. The average molecular weight is 425 g/mol. The van der Waals surface area contributed by atoms with E-state index in [2.05, 4.69) is 43.4 Å². The molecule has 1 unspecified atom stereocenters. The van der Waals surface area contributed by atoms with Gasteiger partial charge < -0.3 is 29.9 Å². The number of likely N-dealkylation sites (N-methyl/N-ethyl adjacent to an activating group) is 1. The molecule has 1 atom stereocenters. The van der Waals surface area contributed by atoms with Gasteiger partial charge in [0.05, 0.1) is 6.54 Å². The van der Waals surface area contributed by atoms with Crippen molar-refractivity contribution >= 4 is 11.8 Å². The Balaban J connectivity index is 1.25. The van der Waals surface area contributed by atoms with E-state index < -0.39 is 0 Å². The largest absolute Gasteiger partial charge is 0.486 e. The topological polar surface area (TPSA) is 74.2 Å². The van der Waals surface area contributed by atoms with Crippen LogP contribution in [-0.2, 0) is 6.54 Å². The zero-order chi connectivity index (χ0) is 21.5. The number of para-hydroxylation sites is 2. The number of piperazine rings is 1. The number of hydrogen-bond donors (Lipinski definition) is 2. The molecule has 2 aromatic rings. The molecule has 31 heavy (non-hydrogen) atoms. The second-order valence-corrected chi connectivity index (χ2v) is 7.75. The number of ether oxygens (including phenoxy) is 2. The molecule has 0 saturated carbocycles. The lowest BCUT2D eigenvalue weighted by molar-refractivity contribution is 0.0936. The van der Waals surface area contributed by atoms with E-state index >= 15 is 0 Å². The van der Waals surface area contributed by atoms with Crippen LogP contribution in [0.2, 0.25) is 0 Å². The molecule has 8 heteroatoms. The van der Waals surface area contributed by atoms with Crippen molar-refractivity contribution < 1.29 is 9.47 Å². The van der Waals surface area contributed by atoms with Crippen molar-refractivity contribution in [3.05, 3.63) is 48.2 Å². The standard InChI is InChI=1S/C23H32N6O2/c1-3-28-10-12-29(13-11-28)22-14-18(8-9-25-22)15-26-23(24-2)27-16-19-17-30-20-6-4-5-7-21(20)31-19/h4-9,14,19H,3,10-13,15-17H2,1-2H3,(H2,24,26,27). The van der Waals surface area contributed by atoms with Crippen LogP contribution in [0.4, 0.5) is 5.82 Å². The van der Waals surface area contributed by atoms with Crippen LogP contribution in [0.5, 0.6) is 11.5 Å². The molecule has 8 nitrogen and oxygen atoms in total. The summed E-state index contributed by atoms with van der Waals surface area (Å²) < 4.78 is 11.8. The number of aliphatic imine (C=N–C) groups is 1. The molecule has 0 radical (unpaired) electrons. The number of anilines is 1. The Kier molecular flexibility index (Phi) is 7.09. The lowest BCUT2D eigenvalue weighted by Crippen LogP contribution is -2.46. The van der Waals surface area contributed by atoms with Gasteiger partial charge >= 0.3 is 0 Å². The summed E-state index contributed by atoms with van der Waals surface area (Å²) in [6.45, 7) is 9.35. The van der Waals surface area contributed by atoms with E-state index in [0.29, 0.717) is 19.7 Å². The number of nitrogens with zero attached hydrogens (tertiary/aromatic N) is 4. The molecule has 0 amide bonds. The summed E-state index contributed by atoms with van der Waals surface area (Å²) >= 11 is 0. The second kappa shape index (κ2) is 10.3. The maximum Gasteiger partial charge on any atom is 0.191 e. The minimum Gasteiger partial charge on any atom is -0.486 e. The van der Waals surface area contributed by atoms with Crippen molar-refractivity contribution in [2.45, 2.75) is 19.6 Å². The molecule has 1 saturated heterocycles. The molecule has 1 aromatic heterocycles. The Morgan fingerprint density at radius 1 is 1.13 bits per heavy atom. The lowest BCUT2D eigenvalue weighted by Gasteiger charge is -2.34. The lowest BCUT2D eigenvalue weighted by atomic mass is 10.2. The van der Waals surface area contributed by atoms with E-state index in [4.69, 9.17) is 9.47 Å². The van der Waals surface area contributed by atoms with Crippen LogP contribution >= 0.6 is 0 Å². The van der Waals surface area contributed by atoms with Gasteiger partial charge in [0, 0.05) is 46.0 Å². The smallest absolute Gasteiger partial charge is 0.191 e. The molecule has 166 valence electrons. The van der Waals surface area contributed by atoms with Gasteiger partial charge in [-0.15, -0.1) is 0 Å². The molecular weight excluding hydrogens is 392 g/mol. The quantitative estimate of drug-likeness (QED) is 0.540. The van der Waals surface area contributed by atoms with Crippen LogP contribution in [0.15, 0.2) is 47.6 Å². The van der Waals surface area contributed by atoms with Gasteiger partial charge in [0.15, 0.2) is 17.5 Å². The first kappa shape index (κ1) is 21.2. The Morgan fingerprint density at radius 2 is 1.94 bits per heavy atom. The maximum absolute atomic E-state index is 6.00. The van der Waals surface area contributed by atoms with Gasteiger partial charge in [-0.25, -0.2) is 4.98 Å². The van der Waals surface area contributed by atoms with Crippen LogP contribution in [0.25, 0.3) is 0 Å². The monoisotopic (exact) mass is 424 g/mol. The number of hydrogen-bond acceptors (Lipinski definition) is 6. The molecule has 0 bridgehead atoms. The highest BCUT2D eigenvalue weighted by Crippen LogP contribution is 2.30. The van der Waals surface area contributed by atoms with Crippen LogP contribution in [-0.4, -0.2) is 74.9 Å². The summed E-state index contributed by atoms with van der Waals surface area (Å²) in [5, 5.41) is 6.71. The Hall–Kier alpha value is -3.00. The number of rotatable bonds is 6. The summed E-state index contributed by atoms with van der Waals surface area (Å²) in [7, 11) is 1.77. The highest BCUT2D eigenvalue weighted by atomic mass is 16.6. The summed E-state index contributed by atoms with van der Waals surface area (Å²) in [6, 6.07) is 12.0. The fraction of sp³-hybridized carbons (Fsp3) is 0.478. The first-order valence-corrected chi connectivity index (χ1v) is 11.0. The molecule has 0 aliphatic carbocycles. The zero-order valence-corrected chi connectivity index (χ0v) is 18.4. The maximum atomic E-state index is 6.00. The number of pyridine rings is 1. The summed E-state index contributed by atoms with van der Waals surface area (Å²) in [4.78, 5) is 13.7. The fourth-order valence-electron chi connectivity index (χ4n) is 3.82. The summed E-state index contributed by atoms with van der Waals surface area (Å²) in [5.74, 6) is 3.36. The third-order valence-electron chi connectivity index (χ3n) is 5.70. The van der Waals surface area contributed by atoms with E-state index in [-0.39, 0.29) is 6.10 Å². The second-order valence-electron chi connectivity index (χ2n) is 7.75. The highest BCUT2D eigenvalue weighted by Gasteiger charge is 2.21. The van der Waals surface area contributed by atoms with Crippen molar-refractivity contribution in [2.75, 3.05) is 57.8 Å². The van der Waals surface area contributed by atoms with Crippen LogP contribution in [0.3, 0.4) is 0 Å². The zero-order valence-electron chi connectivity index (χ0n) is 18.4. The van der Waals surface area contributed by atoms with Crippen LogP contribution in [0.1, 0.15) is 12.5 Å². The summed E-state index contributed by atoms with van der Waals surface area (Å²) in [6.07, 6.45) is 1.82. The average Bonchev–Trinajstić information content (AvgIpc) is 2.84. The van der Waals surface area contributed by atoms with E-state index in [0.717, 1.165) is 56.0 Å². The van der Waals surface area contributed by atoms with Gasteiger partial charge in [0.1, 0.15) is 18.5 Å². The van der Waals surface area contributed by atoms with Crippen molar-refractivity contribution in [2.24, 2.45) is 4.99 Å². The molecule has 2 aliphatic rings. The van der Waals surface area contributed by atoms with E-state index in [1.807, 2.05) is 36.5 Å². The van der Waals surface area contributed by atoms with Gasteiger partial charge in [-0.3, -0.25) is 4.99 Å². The molecule has 4 rings (SSSR count). The van der Waals surface area contributed by atoms with Crippen molar-refractivity contribution in [1.82, 2.24) is 20.5 Å². The number of fused-ring (bicyclic) bond motifs is 1. The molecule has 1 fully saturated rings. The molecule has 2 N–H and O–H groups in total. The summed E-state index contributed by atoms with van der Waals surface area (Å²) in [5.41, 5.74) is 1.18. The first-order valence-electron chi connectivity index (χ1n) is 11.0. The van der Waals surface area contributed by atoms with Gasteiger partial charge in [0.2, 0.25) is 0 Å². The number of benzene rings is 1. The van der Waals surface area contributed by atoms with E-state index in [1.54, 1.807) is 7.05 Å². The molecule has 2 aliphatic heterocycles. The highest BCUT2D eigenvalue weighted by molar-refractivity contribution is 5.79. The van der Waals surface area contributed by atoms with Crippen LogP contribution in [0, 0.1) is 0 Å². The molecule has 0 spiro atoms. The fourth-order valence-corrected chi connectivity index (χ4v) is 3.82. The van der Waals surface area contributed by atoms with Crippen molar-refractivity contribution in [3.8, 4) is 11.5 Å². The van der Waals surface area contributed by atoms with E-state index in [1.165, 1.54) is 5.56 Å². The predicted octanol–water partition coefficient (Wildman–Crippen LogP) is 1.73. The Bertz CT molecular complexity index is 882. The number of guanidine groups is 1. The minimum atomic E-state index is -0.0669. The van der Waals surface area contributed by atoms with Crippen LogP contribution < -0.4 is 25.0 Å². The van der Waals surface area contributed by atoms with Gasteiger partial charge in [0.25, 0.3) is 0 Å². The number of nitrogens with one attached hydrogen (secondary N) is 2. The Morgan fingerprint density at radius 3 is 2.71 bits per heavy atom. The minimum absolute atomic E-state index is 0.0669. The third kappa shape index (κ3) is 5.58. The van der Waals surface area contributed by atoms with Gasteiger partial charge in [-0.2, -0.15) is 0 Å². The first-order chi connectivity index (χ1) is 15.2. The van der Waals surface area contributed by atoms with Crippen molar-refractivity contribution in [3.63, 3.8) is 0 Å². The number of aromatic nitrogens is 1. The molecule has 3 heterocycles. The van der Waals surface area contributed by atoms with Crippen molar-refractivity contribution in [1.29, 1.82) is 0 Å². The SMILES string of the molecule is CCN1CCN(c2cc(CNC(=NC)NCC3COc4ccccc4O3)ccn2)CC1.